The van der Waals surface area contributed by atoms with Gasteiger partial charge in [0, 0.05) is 13.2 Å². The molecule has 3 nitrogen and oxygen atoms in total. The molecule has 0 aromatic heterocycles. The molecule has 0 fully saturated rings. The summed E-state index contributed by atoms with van der Waals surface area (Å²) >= 11 is -2.31. The molecule has 0 N–H and O–H groups in total. The lowest BCUT2D eigenvalue weighted by atomic mass is 10.3. The van der Waals surface area contributed by atoms with Crippen LogP contribution in [-0.4, -0.2) is 36.7 Å². The Bertz CT molecular complexity index is 697. The van der Waals surface area contributed by atoms with Gasteiger partial charge in [0.05, 0.1) is 0 Å². The van der Waals surface area contributed by atoms with Crippen LogP contribution in [0, 0.1) is 0 Å². The van der Waals surface area contributed by atoms with Gasteiger partial charge in [-0.05, 0) is 29.4 Å². The van der Waals surface area contributed by atoms with Crippen molar-refractivity contribution in [1.29, 1.82) is 0 Å². The van der Waals surface area contributed by atoms with Crippen LogP contribution < -0.4 is 15.6 Å². The third-order valence-electron chi connectivity index (χ3n) is 4.42. The summed E-state index contributed by atoms with van der Waals surface area (Å²) in [7, 11) is -2.75. The highest BCUT2D eigenvalue weighted by atomic mass is 28.4. The highest BCUT2D eigenvalue weighted by Gasteiger charge is 2.48. The molecule has 0 saturated carbocycles. The maximum Gasteiger partial charge on any atom is 0.895 e. The maximum absolute atomic E-state index is 6.91. The summed E-state index contributed by atoms with van der Waals surface area (Å²) in [6, 6.07) is 31.5. The molecule has 138 valence electrons. The van der Waals surface area contributed by atoms with Gasteiger partial charge in [-0.15, -0.1) is 0 Å². The van der Waals surface area contributed by atoms with Crippen molar-refractivity contribution in [3.8, 4) is 0 Å². The van der Waals surface area contributed by atoms with Crippen LogP contribution in [0.15, 0.2) is 91.0 Å². The summed E-state index contributed by atoms with van der Waals surface area (Å²) in [5.41, 5.74) is 0. The second-order valence-corrected chi connectivity index (χ2v) is 11.4. The molecule has 27 heavy (non-hydrogen) atoms. The fourth-order valence-corrected chi connectivity index (χ4v) is 10.2. The lowest BCUT2D eigenvalue weighted by molar-refractivity contribution is 0.153. The Morgan fingerprint density at radius 2 is 0.926 bits per heavy atom. The van der Waals surface area contributed by atoms with Gasteiger partial charge in [-0.2, -0.15) is 0 Å². The van der Waals surface area contributed by atoms with E-state index in [0.29, 0.717) is 13.2 Å². The van der Waals surface area contributed by atoms with Gasteiger partial charge in [-0.1, -0.05) is 91.0 Å². The summed E-state index contributed by atoms with van der Waals surface area (Å²) < 4.78 is 18.8. The Morgan fingerprint density at radius 1 is 0.593 bits per heavy atom. The average Bonchev–Trinajstić information content (AvgIpc) is 2.74. The second-order valence-electron chi connectivity index (χ2n) is 6.10. The minimum Gasteiger partial charge on any atom is -0.489 e. The van der Waals surface area contributed by atoms with E-state index in [1.165, 1.54) is 15.6 Å². The molecule has 0 aliphatic rings. The van der Waals surface area contributed by atoms with Crippen LogP contribution in [0.4, 0.5) is 0 Å². The molecule has 0 aliphatic carbocycles. The van der Waals surface area contributed by atoms with Crippen molar-refractivity contribution in [2.24, 2.45) is 0 Å². The number of hydrogen-bond acceptors (Lipinski definition) is 3. The molecule has 0 amide bonds. The van der Waals surface area contributed by atoms with Gasteiger partial charge in [-0.25, -0.2) is 0 Å². The highest BCUT2D eigenvalue weighted by Crippen LogP contribution is 2.12. The van der Waals surface area contributed by atoms with E-state index in [9.17, 15) is 0 Å². The van der Waals surface area contributed by atoms with Crippen molar-refractivity contribution in [2.45, 2.75) is 13.8 Å². The standard InChI is InChI=1S/C18H15OSi.2C2H5O.Al/c19-20(16-10-4-1-5-11-16,17-12-6-2-7-13-17)18-14-8-3-9-15-18;2*1-2-3;/h1-15H;2*2H2,1H3;/q3*-1;+3. The Kier molecular flexibility index (Phi) is 7.42. The Labute approximate surface area is 168 Å². The first-order valence-electron chi connectivity index (χ1n) is 9.38. The topological polar surface area (TPSA) is 27.7 Å². The van der Waals surface area contributed by atoms with E-state index in [2.05, 4.69) is 72.8 Å². The number of rotatable bonds is 9. The monoisotopic (exact) mass is 392 g/mol. The normalized spacial score (nSPS) is 11.3. The van der Waals surface area contributed by atoms with Crippen LogP contribution in [0.1, 0.15) is 13.8 Å². The van der Waals surface area contributed by atoms with Gasteiger partial charge in [-0.3, -0.25) is 0 Å². The van der Waals surface area contributed by atoms with Gasteiger partial charge in [0.15, 0.2) is 0 Å². The maximum atomic E-state index is 6.91. The molecule has 0 spiro atoms. The minimum atomic E-state index is -2.75. The van der Waals surface area contributed by atoms with E-state index in [1.54, 1.807) is 0 Å². The second kappa shape index (κ2) is 10.0. The summed E-state index contributed by atoms with van der Waals surface area (Å²) in [6.07, 6.45) is 0. The first-order chi connectivity index (χ1) is 13.3. The molecule has 3 aromatic rings. The number of benzene rings is 3. The zero-order chi connectivity index (χ0) is 19.0. The van der Waals surface area contributed by atoms with Crippen molar-refractivity contribution >= 4 is 39.0 Å². The van der Waals surface area contributed by atoms with Gasteiger partial charge < -0.3 is 11.1 Å². The molecule has 0 heterocycles. The highest BCUT2D eigenvalue weighted by molar-refractivity contribution is 7.09. The Balaban J connectivity index is 2.22. The van der Waals surface area contributed by atoms with Crippen molar-refractivity contribution in [3.05, 3.63) is 91.0 Å². The van der Waals surface area contributed by atoms with E-state index in [0.717, 1.165) is 0 Å². The van der Waals surface area contributed by atoms with E-state index in [-0.39, 0.29) is 0 Å². The molecule has 0 bridgehead atoms. The molecule has 5 heteroatoms. The first-order valence-corrected chi connectivity index (χ1v) is 12.7. The van der Waals surface area contributed by atoms with Gasteiger partial charge >= 0.3 is 15.1 Å². The molecular weight excluding hydrogens is 367 g/mol. The van der Waals surface area contributed by atoms with Crippen LogP contribution >= 0.6 is 0 Å². The first kappa shape index (κ1) is 20.0. The van der Waals surface area contributed by atoms with Crippen LogP contribution in [0.25, 0.3) is 0 Å². The lowest BCUT2D eigenvalue weighted by Gasteiger charge is -2.35. The van der Waals surface area contributed by atoms with Crippen LogP contribution in [-0.2, 0) is 11.1 Å². The summed E-state index contributed by atoms with van der Waals surface area (Å²) in [4.78, 5) is 0. The van der Waals surface area contributed by atoms with Crippen molar-refractivity contribution in [1.82, 2.24) is 0 Å². The fourth-order valence-electron chi connectivity index (χ4n) is 3.26. The van der Waals surface area contributed by atoms with E-state index in [4.69, 9.17) is 11.1 Å². The molecule has 3 aromatic carbocycles. The van der Waals surface area contributed by atoms with Crippen LogP contribution in [0.2, 0.25) is 0 Å². The van der Waals surface area contributed by atoms with Crippen molar-refractivity contribution < 1.29 is 11.1 Å². The van der Waals surface area contributed by atoms with Crippen molar-refractivity contribution in [2.75, 3.05) is 13.2 Å². The Hall–Kier alpha value is -1.71. The molecule has 0 radical (unpaired) electrons. The number of hydrogen-bond donors (Lipinski definition) is 0. The van der Waals surface area contributed by atoms with E-state index in [1.807, 2.05) is 32.0 Å². The van der Waals surface area contributed by atoms with Gasteiger partial charge in [0.25, 0.3) is 8.32 Å². The molecule has 3 rings (SSSR count). The predicted octanol–water partition coefficient (Wildman–Crippen LogP) is 2.73. The molecule has 0 unspecified atom stereocenters. The minimum absolute atomic E-state index is 0.583. The fraction of sp³-hybridized carbons (Fsp3) is 0.182. The quantitative estimate of drug-likeness (QED) is 0.414. The van der Waals surface area contributed by atoms with Crippen LogP contribution in [0.5, 0.6) is 0 Å². The molecule has 0 aliphatic heterocycles. The van der Waals surface area contributed by atoms with Gasteiger partial charge in [0.1, 0.15) is 0 Å². The molecular formula is C22H25AlO3Si. The van der Waals surface area contributed by atoms with E-state index >= 15 is 0 Å². The smallest absolute Gasteiger partial charge is 0.489 e. The SMILES string of the molecule is CC[O][Al]([O]CC)[O][Si](c1ccccc1)(c1ccccc1)c1ccccc1. The Morgan fingerprint density at radius 3 is 1.22 bits per heavy atom. The van der Waals surface area contributed by atoms with Crippen LogP contribution in [0.3, 0.4) is 0 Å². The summed E-state index contributed by atoms with van der Waals surface area (Å²) in [5.74, 6) is 0. The summed E-state index contributed by atoms with van der Waals surface area (Å²) in [5, 5.41) is 3.58. The third-order valence-corrected chi connectivity index (χ3v) is 11.3. The predicted molar refractivity (Wildman–Crippen MR) is 114 cm³/mol. The lowest BCUT2D eigenvalue weighted by Crippen LogP contribution is -2.71. The molecule has 0 saturated heterocycles. The molecule has 0 atom stereocenters. The average molecular weight is 393 g/mol. The van der Waals surface area contributed by atoms with Crippen molar-refractivity contribution in [3.63, 3.8) is 0 Å². The van der Waals surface area contributed by atoms with Gasteiger partial charge in [0.2, 0.25) is 0 Å². The summed E-state index contributed by atoms with van der Waals surface area (Å²) in [6.45, 7) is 5.14. The zero-order valence-electron chi connectivity index (χ0n) is 15.9. The largest absolute Gasteiger partial charge is 0.895 e. The van der Waals surface area contributed by atoms with E-state index < -0.39 is 23.5 Å². The third kappa shape index (κ3) is 4.59. The zero-order valence-corrected chi connectivity index (χ0v) is 18.0.